The Morgan fingerprint density at radius 3 is 2.53 bits per heavy atom. The van der Waals surface area contributed by atoms with Crippen LogP contribution < -0.4 is 0 Å². The number of Topliss-reactive ketones (excluding diaryl/α,β-unsaturated/α-hetero) is 1. The molecule has 0 aliphatic carbocycles. The molecule has 0 heterocycles. The van der Waals surface area contributed by atoms with E-state index < -0.39 is 5.97 Å². The molecule has 1 rings (SSSR count). The van der Waals surface area contributed by atoms with Gasteiger partial charge in [-0.2, -0.15) is 0 Å². The first kappa shape index (κ1) is 13.2. The number of ether oxygens (including phenoxy) is 1. The molecular weight excluding hydrogens is 216 g/mol. The number of rotatable bonds is 4. The molecule has 0 saturated heterocycles. The Labute approximate surface area is 101 Å². The fraction of sp³-hybridized carbons (Fsp3) is 0.286. The highest BCUT2D eigenvalue weighted by Crippen LogP contribution is 2.13. The Balaban J connectivity index is 2.74. The Kier molecular flexibility index (Phi) is 4.21. The van der Waals surface area contributed by atoms with Crippen molar-refractivity contribution in [2.24, 2.45) is 0 Å². The van der Waals surface area contributed by atoms with Crippen LogP contribution in [0.15, 0.2) is 30.4 Å². The van der Waals surface area contributed by atoms with E-state index in [-0.39, 0.29) is 12.4 Å². The topological polar surface area (TPSA) is 43.4 Å². The van der Waals surface area contributed by atoms with Crippen molar-refractivity contribution in [3.8, 4) is 0 Å². The van der Waals surface area contributed by atoms with Crippen LogP contribution in [0.3, 0.4) is 0 Å². The van der Waals surface area contributed by atoms with Crippen molar-refractivity contribution in [1.29, 1.82) is 0 Å². The molecule has 3 heteroatoms. The van der Waals surface area contributed by atoms with Gasteiger partial charge in [-0.15, -0.1) is 0 Å². The molecule has 0 unspecified atom stereocenters. The molecule has 0 aliphatic rings. The van der Waals surface area contributed by atoms with Crippen LogP contribution in [0.1, 0.15) is 28.4 Å². The van der Waals surface area contributed by atoms with Gasteiger partial charge in [-0.1, -0.05) is 24.8 Å². The van der Waals surface area contributed by atoms with Gasteiger partial charge in [0.2, 0.25) is 5.78 Å². The maximum Gasteiger partial charge on any atom is 0.333 e. The summed E-state index contributed by atoms with van der Waals surface area (Å²) in [5.74, 6) is -0.732. The van der Waals surface area contributed by atoms with Gasteiger partial charge in [0.15, 0.2) is 6.61 Å². The van der Waals surface area contributed by atoms with Crippen LogP contribution in [0.4, 0.5) is 0 Å². The molecule has 0 atom stereocenters. The van der Waals surface area contributed by atoms with Crippen LogP contribution in [0, 0.1) is 13.8 Å². The number of esters is 1. The number of hydrogen-bond donors (Lipinski definition) is 0. The van der Waals surface area contributed by atoms with E-state index in [0.717, 1.165) is 11.1 Å². The average molecular weight is 232 g/mol. The summed E-state index contributed by atoms with van der Waals surface area (Å²) in [6, 6.07) is 5.49. The molecule has 1 aromatic carbocycles. The summed E-state index contributed by atoms with van der Waals surface area (Å²) in [7, 11) is 0. The number of carbonyl (C=O) groups is 2. The third-order valence-electron chi connectivity index (χ3n) is 2.59. The molecule has 0 fully saturated rings. The summed E-state index contributed by atoms with van der Waals surface area (Å²) in [6.45, 7) is 8.57. The van der Waals surface area contributed by atoms with Crippen LogP contribution in [-0.2, 0) is 9.53 Å². The third-order valence-corrected chi connectivity index (χ3v) is 2.59. The molecule has 0 bridgehead atoms. The van der Waals surface area contributed by atoms with E-state index in [9.17, 15) is 9.59 Å². The molecule has 90 valence electrons. The van der Waals surface area contributed by atoms with E-state index in [4.69, 9.17) is 4.74 Å². The van der Waals surface area contributed by atoms with Crippen molar-refractivity contribution in [3.63, 3.8) is 0 Å². The summed E-state index contributed by atoms with van der Waals surface area (Å²) in [6.07, 6.45) is 0. The number of carbonyl (C=O) groups excluding carboxylic acids is 2. The minimum Gasteiger partial charge on any atom is -0.454 e. The third kappa shape index (κ3) is 3.28. The predicted octanol–water partition coefficient (Wildman–Crippen LogP) is 2.61. The van der Waals surface area contributed by atoms with Crippen LogP contribution in [0.2, 0.25) is 0 Å². The standard InChI is InChI=1S/C14H16O3/c1-9(2)14(16)17-8-13(15)12-7-5-6-10(3)11(12)4/h5-7H,1,8H2,2-4H3. The smallest absolute Gasteiger partial charge is 0.333 e. The Morgan fingerprint density at radius 1 is 1.29 bits per heavy atom. The van der Waals surface area contributed by atoms with Crippen LogP contribution in [0.25, 0.3) is 0 Å². The molecule has 0 amide bonds. The second-order valence-corrected chi connectivity index (χ2v) is 4.03. The van der Waals surface area contributed by atoms with Crippen LogP contribution in [0.5, 0.6) is 0 Å². The van der Waals surface area contributed by atoms with E-state index in [0.29, 0.717) is 11.1 Å². The quantitative estimate of drug-likeness (QED) is 0.455. The molecule has 0 N–H and O–H groups in total. The fourth-order valence-electron chi connectivity index (χ4n) is 1.39. The summed E-state index contributed by atoms with van der Waals surface area (Å²) in [5.41, 5.74) is 2.85. The first-order chi connectivity index (χ1) is 7.93. The zero-order valence-corrected chi connectivity index (χ0v) is 10.4. The van der Waals surface area contributed by atoms with Crippen molar-refractivity contribution in [3.05, 3.63) is 47.0 Å². The lowest BCUT2D eigenvalue weighted by molar-refractivity contribution is -0.137. The minimum absolute atomic E-state index is 0.194. The summed E-state index contributed by atoms with van der Waals surface area (Å²) >= 11 is 0. The monoisotopic (exact) mass is 232 g/mol. The van der Waals surface area contributed by atoms with Crippen molar-refractivity contribution in [1.82, 2.24) is 0 Å². The average Bonchev–Trinajstić information content (AvgIpc) is 2.29. The normalized spacial score (nSPS) is 9.82. The summed E-state index contributed by atoms with van der Waals surface area (Å²) in [5, 5.41) is 0. The Morgan fingerprint density at radius 2 is 1.94 bits per heavy atom. The Bertz CT molecular complexity index is 472. The zero-order valence-electron chi connectivity index (χ0n) is 10.4. The van der Waals surface area contributed by atoms with Gasteiger partial charge in [-0.25, -0.2) is 4.79 Å². The van der Waals surface area contributed by atoms with Gasteiger partial charge in [-0.05, 0) is 31.9 Å². The fourth-order valence-corrected chi connectivity index (χ4v) is 1.39. The second-order valence-electron chi connectivity index (χ2n) is 4.03. The van der Waals surface area contributed by atoms with Crippen LogP contribution in [-0.4, -0.2) is 18.4 Å². The van der Waals surface area contributed by atoms with Crippen LogP contribution >= 0.6 is 0 Å². The number of aryl methyl sites for hydroxylation is 1. The predicted molar refractivity (Wildman–Crippen MR) is 66.0 cm³/mol. The molecule has 3 nitrogen and oxygen atoms in total. The number of ketones is 1. The molecule has 0 aromatic heterocycles. The Hall–Kier alpha value is -1.90. The number of hydrogen-bond acceptors (Lipinski definition) is 3. The summed E-state index contributed by atoms with van der Waals surface area (Å²) < 4.78 is 4.83. The maximum atomic E-state index is 11.8. The van der Waals surface area contributed by atoms with Gasteiger partial charge in [0.1, 0.15) is 0 Å². The molecule has 1 aromatic rings. The van der Waals surface area contributed by atoms with Gasteiger partial charge in [-0.3, -0.25) is 4.79 Å². The van der Waals surface area contributed by atoms with E-state index in [2.05, 4.69) is 6.58 Å². The second kappa shape index (κ2) is 5.43. The van der Waals surface area contributed by atoms with E-state index in [1.54, 1.807) is 13.0 Å². The highest BCUT2D eigenvalue weighted by molar-refractivity contribution is 6.00. The molecule has 0 saturated carbocycles. The van der Waals surface area contributed by atoms with Crippen molar-refractivity contribution in [2.75, 3.05) is 6.61 Å². The highest BCUT2D eigenvalue weighted by atomic mass is 16.5. The van der Waals surface area contributed by atoms with Crippen molar-refractivity contribution in [2.45, 2.75) is 20.8 Å². The van der Waals surface area contributed by atoms with Gasteiger partial charge in [0.05, 0.1) is 0 Å². The first-order valence-corrected chi connectivity index (χ1v) is 5.35. The molecule has 0 radical (unpaired) electrons. The summed E-state index contributed by atoms with van der Waals surface area (Å²) in [4.78, 5) is 23.0. The highest BCUT2D eigenvalue weighted by Gasteiger charge is 2.12. The van der Waals surface area contributed by atoms with E-state index >= 15 is 0 Å². The largest absolute Gasteiger partial charge is 0.454 e. The zero-order chi connectivity index (χ0) is 13.0. The van der Waals surface area contributed by atoms with Crippen molar-refractivity contribution < 1.29 is 14.3 Å². The lowest BCUT2D eigenvalue weighted by Gasteiger charge is -2.08. The number of benzene rings is 1. The van der Waals surface area contributed by atoms with Crippen molar-refractivity contribution >= 4 is 11.8 Å². The van der Waals surface area contributed by atoms with Gasteiger partial charge < -0.3 is 4.74 Å². The van der Waals surface area contributed by atoms with Gasteiger partial charge in [0.25, 0.3) is 0 Å². The molecule has 0 aliphatic heterocycles. The lowest BCUT2D eigenvalue weighted by atomic mass is 10.0. The van der Waals surface area contributed by atoms with Gasteiger partial charge >= 0.3 is 5.97 Å². The molecule has 17 heavy (non-hydrogen) atoms. The first-order valence-electron chi connectivity index (χ1n) is 5.35. The van der Waals surface area contributed by atoms with Gasteiger partial charge in [0, 0.05) is 11.1 Å². The minimum atomic E-state index is -0.538. The molecule has 0 spiro atoms. The lowest BCUT2D eigenvalue weighted by Crippen LogP contribution is -2.15. The SMILES string of the molecule is C=C(C)C(=O)OCC(=O)c1cccc(C)c1C. The van der Waals surface area contributed by atoms with E-state index in [1.807, 2.05) is 26.0 Å². The maximum absolute atomic E-state index is 11.8. The molecular formula is C14H16O3. The van der Waals surface area contributed by atoms with E-state index in [1.165, 1.54) is 0 Å².